The summed E-state index contributed by atoms with van der Waals surface area (Å²) < 4.78 is 5.21. The number of rotatable bonds is 3. The molecule has 2 rings (SSSR count). The van der Waals surface area contributed by atoms with Gasteiger partial charge in [-0.3, -0.25) is 0 Å². The SMILES string of the molecule is COc1cccc(C2C(CO)C2(C)C)c1. The van der Waals surface area contributed by atoms with Crippen molar-refractivity contribution >= 4 is 0 Å². The third-order valence-corrected chi connectivity index (χ3v) is 3.70. The Labute approximate surface area is 90.9 Å². The smallest absolute Gasteiger partial charge is 0.119 e. The van der Waals surface area contributed by atoms with E-state index >= 15 is 0 Å². The van der Waals surface area contributed by atoms with E-state index in [-0.39, 0.29) is 12.0 Å². The van der Waals surface area contributed by atoms with Gasteiger partial charge in [-0.05, 0) is 34.9 Å². The lowest BCUT2D eigenvalue weighted by atomic mass is 10.0. The van der Waals surface area contributed by atoms with Crippen LogP contribution in [0.15, 0.2) is 24.3 Å². The Kier molecular flexibility index (Phi) is 2.47. The minimum absolute atomic E-state index is 0.223. The van der Waals surface area contributed by atoms with E-state index in [4.69, 9.17) is 4.74 Å². The first-order valence-electron chi connectivity index (χ1n) is 5.36. The number of hydrogen-bond donors (Lipinski definition) is 1. The summed E-state index contributed by atoms with van der Waals surface area (Å²) in [6, 6.07) is 8.15. The second kappa shape index (κ2) is 3.53. The fraction of sp³-hybridized carbons (Fsp3) is 0.538. The zero-order valence-corrected chi connectivity index (χ0v) is 9.53. The highest BCUT2D eigenvalue weighted by Crippen LogP contribution is 2.64. The van der Waals surface area contributed by atoms with Gasteiger partial charge in [-0.1, -0.05) is 26.0 Å². The van der Waals surface area contributed by atoms with E-state index in [9.17, 15) is 5.11 Å². The second-order valence-electron chi connectivity index (χ2n) is 4.86. The first-order valence-corrected chi connectivity index (χ1v) is 5.36. The molecule has 0 aromatic heterocycles. The third-order valence-electron chi connectivity index (χ3n) is 3.70. The summed E-state index contributed by atoms with van der Waals surface area (Å²) in [5, 5.41) is 9.27. The van der Waals surface area contributed by atoms with Crippen molar-refractivity contribution in [3.05, 3.63) is 29.8 Å². The fourth-order valence-electron chi connectivity index (χ4n) is 2.58. The molecule has 0 spiro atoms. The molecule has 0 heterocycles. The van der Waals surface area contributed by atoms with Crippen molar-refractivity contribution in [3.8, 4) is 5.75 Å². The third kappa shape index (κ3) is 1.63. The molecule has 0 aliphatic heterocycles. The Hall–Kier alpha value is -1.02. The first-order chi connectivity index (χ1) is 7.11. The summed E-state index contributed by atoms with van der Waals surface area (Å²) in [5.74, 6) is 1.76. The van der Waals surface area contributed by atoms with Crippen LogP contribution in [0.2, 0.25) is 0 Å². The van der Waals surface area contributed by atoms with Gasteiger partial charge in [0.2, 0.25) is 0 Å². The summed E-state index contributed by atoms with van der Waals surface area (Å²) in [6.45, 7) is 4.69. The lowest BCUT2D eigenvalue weighted by Gasteiger charge is -2.05. The monoisotopic (exact) mass is 206 g/mol. The molecule has 2 nitrogen and oxygen atoms in total. The Bertz CT molecular complexity index is 357. The molecule has 0 bridgehead atoms. The predicted molar refractivity (Wildman–Crippen MR) is 60.1 cm³/mol. The van der Waals surface area contributed by atoms with Crippen molar-refractivity contribution in [2.24, 2.45) is 11.3 Å². The molecule has 0 saturated heterocycles. The molecule has 1 fully saturated rings. The van der Waals surface area contributed by atoms with E-state index in [1.165, 1.54) is 5.56 Å². The van der Waals surface area contributed by atoms with Gasteiger partial charge in [0, 0.05) is 6.61 Å². The molecular formula is C13H18O2. The molecule has 15 heavy (non-hydrogen) atoms. The fourth-order valence-corrected chi connectivity index (χ4v) is 2.58. The van der Waals surface area contributed by atoms with Crippen molar-refractivity contribution in [2.75, 3.05) is 13.7 Å². The van der Waals surface area contributed by atoms with Crippen LogP contribution in [0.1, 0.15) is 25.3 Å². The summed E-state index contributed by atoms with van der Waals surface area (Å²) in [7, 11) is 1.68. The number of aliphatic hydroxyl groups excluding tert-OH is 1. The maximum Gasteiger partial charge on any atom is 0.119 e. The van der Waals surface area contributed by atoms with Gasteiger partial charge in [0.1, 0.15) is 5.75 Å². The van der Waals surface area contributed by atoms with E-state index in [2.05, 4.69) is 26.0 Å². The van der Waals surface area contributed by atoms with Crippen molar-refractivity contribution in [1.82, 2.24) is 0 Å². The highest BCUT2D eigenvalue weighted by atomic mass is 16.5. The molecule has 2 heteroatoms. The molecule has 1 aromatic carbocycles. The van der Waals surface area contributed by atoms with Crippen LogP contribution in [0, 0.1) is 11.3 Å². The number of hydrogen-bond acceptors (Lipinski definition) is 2. The van der Waals surface area contributed by atoms with Crippen LogP contribution in [-0.4, -0.2) is 18.8 Å². The molecule has 0 amide bonds. The standard InChI is InChI=1S/C13H18O2/c1-13(2)11(8-14)12(13)9-5-4-6-10(7-9)15-3/h4-7,11-12,14H,8H2,1-3H3. The molecule has 82 valence electrons. The molecule has 2 atom stereocenters. The molecule has 1 aliphatic carbocycles. The lowest BCUT2D eigenvalue weighted by molar-refractivity contribution is 0.256. The Balaban J connectivity index is 2.24. The minimum Gasteiger partial charge on any atom is -0.497 e. The van der Waals surface area contributed by atoms with E-state index in [1.54, 1.807) is 7.11 Å². The minimum atomic E-state index is 0.223. The van der Waals surface area contributed by atoms with Crippen molar-refractivity contribution in [2.45, 2.75) is 19.8 Å². The van der Waals surface area contributed by atoms with E-state index in [0.29, 0.717) is 11.8 Å². The van der Waals surface area contributed by atoms with Gasteiger partial charge in [0.15, 0.2) is 0 Å². The maximum atomic E-state index is 9.27. The summed E-state index contributed by atoms with van der Waals surface area (Å²) in [4.78, 5) is 0. The highest BCUT2D eigenvalue weighted by Gasteiger charge is 2.57. The van der Waals surface area contributed by atoms with Gasteiger partial charge in [0.05, 0.1) is 7.11 Å². The summed E-state index contributed by atoms with van der Waals surface area (Å²) in [5.41, 5.74) is 1.50. The van der Waals surface area contributed by atoms with Crippen LogP contribution in [0.4, 0.5) is 0 Å². The first kappa shape index (κ1) is 10.5. The molecule has 0 radical (unpaired) electrons. The van der Waals surface area contributed by atoms with Crippen LogP contribution >= 0.6 is 0 Å². The lowest BCUT2D eigenvalue weighted by Crippen LogP contribution is -1.93. The van der Waals surface area contributed by atoms with Crippen LogP contribution in [0.3, 0.4) is 0 Å². The number of benzene rings is 1. The Morgan fingerprint density at radius 1 is 1.40 bits per heavy atom. The summed E-state index contributed by atoms with van der Waals surface area (Å²) in [6.07, 6.45) is 0. The van der Waals surface area contributed by atoms with Crippen LogP contribution < -0.4 is 4.74 Å². The average molecular weight is 206 g/mol. The Morgan fingerprint density at radius 3 is 2.67 bits per heavy atom. The second-order valence-corrected chi connectivity index (χ2v) is 4.86. The quantitative estimate of drug-likeness (QED) is 0.823. The largest absolute Gasteiger partial charge is 0.497 e. The summed E-state index contributed by atoms with van der Waals surface area (Å²) >= 11 is 0. The van der Waals surface area contributed by atoms with Crippen LogP contribution in [0.25, 0.3) is 0 Å². The van der Waals surface area contributed by atoms with Gasteiger partial charge < -0.3 is 9.84 Å². The van der Waals surface area contributed by atoms with Crippen molar-refractivity contribution in [1.29, 1.82) is 0 Å². The van der Waals surface area contributed by atoms with Gasteiger partial charge in [-0.2, -0.15) is 0 Å². The van der Waals surface area contributed by atoms with Gasteiger partial charge in [-0.15, -0.1) is 0 Å². The van der Waals surface area contributed by atoms with Crippen LogP contribution in [0.5, 0.6) is 5.75 Å². The number of methoxy groups -OCH3 is 1. The maximum absolute atomic E-state index is 9.27. The van der Waals surface area contributed by atoms with E-state index in [0.717, 1.165) is 5.75 Å². The molecule has 1 N–H and O–H groups in total. The highest BCUT2D eigenvalue weighted by molar-refractivity contribution is 5.37. The van der Waals surface area contributed by atoms with Gasteiger partial charge >= 0.3 is 0 Å². The number of aliphatic hydroxyl groups is 1. The van der Waals surface area contributed by atoms with E-state index < -0.39 is 0 Å². The molecule has 1 aliphatic rings. The van der Waals surface area contributed by atoms with Crippen LogP contribution in [-0.2, 0) is 0 Å². The molecule has 2 unspecified atom stereocenters. The zero-order valence-electron chi connectivity index (χ0n) is 9.53. The molecule has 1 saturated carbocycles. The van der Waals surface area contributed by atoms with Crippen molar-refractivity contribution < 1.29 is 9.84 Å². The van der Waals surface area contributed by atoms with Gasteiger partial charge in [0.25, 0.3) is 0 Å². The van der Waals surface area contributed by atoms with E-state index in [1.807, 2.05) is 12.1 Å². The zero-order chi connectivity index (χ0) is 11.1. The topological polar surface area (TPSA) is 29.5 Å². The Morgan fingerprint density at radius 2 is 2.13 bits per heavy atom. The molecule has 1 aromatic rings. The molecular weight excluding hydrogens is 188 g/mol. The number of ether oxygens (including phenoxy) is 1. The van der Waals surface area contributed by atoms with Crippen molar-refractivity contribution in [3.63, 3.8) is 0 Å². The predicted octanol–water partition coefficient (Wildman–Crippen LogP) is 2.43. The van der Waals surface area contributed by atoms with Gasteiger partial charge in [-0.25, -0.2) is 0 Å². The average Bonchev–Trinajstić information content (AvgIpc) is 2.80. The normalized spacial score (nSPS) is 27.5.